The van der Waals surface area contributed by atoms with Gasteiger partial charge in [-0.3, -0.25) is 4.79 Å². The molecule has 17 heavy (non-hydrogen) atoms. The quantitative estimate of drug-likeness (QED) is 0.506. The van der Waals surface area contributed by atoms with Crippen LogP contribution in [-0.2, 0) is 4.79 Å². The predicted octanol–water partition coefficient (Wildman–Crippen LogP) is 4.72. The van der Waals surface area contributed by atoms with Crippen LogP contribution in [0.5, 0.6) is 0 Å². The second-order valence-corrected chi connectivity index (χ2v) is 4.79. The van der Waals surface area contributed by atoms with Crippen LogP contribution in [0.15, 0.2) is 0 Å². The van der Waals surface area contributed by atoms with Crippen molar-refractivity contribution in [1.82, 2.24) is 0 Å². The molecule has 0 aliphatic carbocycles. The number of halogens is 1. The third kappa shape index (κ3) is 13.3. The molecule has 2 nitrogen and oxygen atoms in total. The Morgan fingerprint density at radius 1 is 1.00 bits per heavy atom. The van der Waals surface area contributed by atoms with Crippen molar-refractivity contribution < 1.29 is 14.3 Å². The van der Waals surface area contributed by atoms with Crippen molar-refractivity contribution in [3.8, 4) is 0 Å². The van der Waals surface area contributed by atoms with Crippen LogP contribution in [-0.4, -0.2) is 17.2 Å². The lowest BCUT2D eigenvalue weighted by atomic mass is 10.0. The summed E-state index contributed by atoms with van der Waals surface area (Å²) in [6, 6.07) is 0. The van der Waals surface area contributed by atoms with Crippen molar-refractivity contribution >= 4 is 5.97 Å². The second-order valence-electron chi connectivity index (χ2n) is 4.79. The van der Waals surface area contributed by atoms with Gasteiger partial charge in [-0.1, -0.05) is 51.9 Å². The highest BCUT2D eigenvalue weighted by Gasteiger charge is 2.04. The summed E-state index contributed by atoms with van der Waals surface area (Å²) in [7, 11) is 0. The number of carboxylic acid groups (broad SMARTS) is 1. The van der Waals surface area contributed by atoms with E-state index in [2.05, 4.69) is 6.92 Å². The number of unbranched alkanes of at least 4 members (excludes halogenated alkanes) is 6. The normalized spacial score (nSPS) is 12.6. The molecule has 0 heterocycles. The Morgan fingerprint density at radius 3 is 2.12 bits per heavy atom. The van der Waals surface area contributed by atoms with E-state index in [9.17, 15) is 9.18 Å². The highest BCUT2D eigenvalue weighted by atomic mass is 19.1. The van der Waals surface area contributed by atoms with Crippen LogP contribution in [0.3, 0.4) is 0 Å². The van der Waals surface area contributed by atoms with Gasteiger partial charge >= 0.3 is 5.97 Å². The summed E-state index contributed by atoms with van der Waals surface area (Å²) in [5, 5.41) is 8.44. The molecule has 1 unspecified atom stereocenters. The third-order valence-corrected chi connectivity index (χ3v) is 3.03. The van der Waals surface area contributed by atoms with Crippen molar-refractivity contribution in [3.63, 3.8) is 0 Å². The maximum atomic E-state index is 13.2. The number of hydrogen-bond acceptors (Lipinski definition) is 1. The molecule has 0 saturated carbocycles. The zero-order chi connectivity index (χ0) is 12.9. The largest absolute Gasteiger partial charge is 0.481 e. The number of carbonyl (C=O) groups is 1. The molecule has 0 radical (unpaired) electrons. The summed E-state index contributed by atoms with van der Waals surface area (Å²) in [5.41, 5.74) is 0. The number of carboxylic acids is 1. The summed E-state index contributed by atoms with van der Waals surface area (Å²) in [6.07, 6.45) is 9.18. The van der Waals surface area contributed by atoms with E-state index in [-0.39, 0.29) is 6.42 Å². The van der Waals surface area contributed by atoms with E-state index in [1.165, 1.54) is 0 Å². The zero-order valence-electron chi connectivity index (χ0n) is 11.1. The molecule has 3 heteroatoms. The molecule has 0 spiro atoms. The molecule has 0 aromatic carbocycles. The molecule has 0 fully saturated rings. The molecule has 0 bridgehead atoms. The smallest absolute Gasteiger partial charge is 0.303 e. The van der Waals surface area contributed by atoms with Crippen molar-refractivity contribution in [2.45, 2.75) is 83.7 Å². The minimum atomic E-state index is -0.707. The Morgan fingerprint density at radius 2 is 1.53 bits per heavy atom. The van der Waals surface area contributed by atoms with E-state index in [0.717, 1.165) is 57.8 Å². The van der Waals surface area contributed by atoms with Crippen molar-refractivity contribution in [1.29, 1.82) is 0 Å². The summed E-state index contributed by atoms with van der Waals surface area (Å²) in [6.45, 7) is 2.09. The second kappa shape index (κ2) is 11.9. The molecule has 1 N–H and O–H groups in total. The number of aliphatic carboxylic acids is 1. The molecule has 0 aliphatic heterocycles. The van der Waals surface area contributed by atoms with Gasteiger partial charge in [0.15, 0.2) is 0 Å². The fraction of sp³-hybridized carbons (Fsp3) is 0.929. The van der Waals surface area contributed by atoms with Gasteiger partial charge in [0.2, 0.25) is 0 Å². The van der Waals surface area contributed by atoms with Crippen molar-refractivity contribution in [2.75, 3.05) is 0 Å². The maximum absolute atomic E-state index is 13.2. The molecule has 1 atom stereocenters. The van der Waals surface area contributed by atoms with Crippen LogP contribution in [0, 0.1) is 0 Å². The minimum absolute atomic E-state index is 0.281. The van der Waals surface area contributed by atoms with E-state index < -0.39 is 12.1 Å². The first-order chi connectivity index (χ1) is 8.16. The summed E-state index contributed by atoms with van der Waals surface area (Å²) < 4.78 is 13.2. The van der Waals surface area contributed by atoms with E-state index >= 15 is 0 Å². The van der Waals surface area contributed by atoms with E-state index in [1.54, 1.807) is 0 Å². The minimum Gasteiger partial charge on any atom is -0.481 e. The standard InChI is InChI=1S/C14H27FO2/c1-2-3-10-13(15)11-8-6-4-5-7-9-12-14(16)17/h13H,2-12H2,1H3,(H,16,17). The number of hydrogen-bond donors (Lipinski definition) is 1. The van der Waals surface area contributed by atoms with Crippen molar-refractivity contribution in [3.05, 3.63) is 0 Å². The summed E-state index contributed by atoms with van der Waals surface area (Å²) in [5.74, 6) is -0.707. The van der Waals surface area contributed by atoms with Gasteiger partial charge in [0.05, 0.1) is 0 Å². The highest BCUT2D eigenvalue weighted by Crippen LogP contribution is 2.14. The van der Waals surface area contributed by atoms with Gasteiger partial charge in [0.25, 0.3) is 0 Å². The lowest BCUT2D eigenvalue weighted by molar-refractivity contribution is -0.137. The van der Waals surface area contributed by atoms with Crippen LogP contribution >= 0.6 is 0 Å². The van der Waals surface area contributed by atoms with Crippen molar-refractivity contribution in [2.24, 2.45) is 0 Å². The van der Waals surface area contributed by atoms with Crippen LogP contribution in [0.1, 0.15) is 77.6 Å². The monoisotopic (exact) mass is 246 g/mol. The summed E-state index contributed by atoms with van der Waals surface area (Å²) >= 11 is 0. The Balaban J connectivity index is 3.10. The molecular weight excluding hydrogens is 219 g/mol. The summed E-state index contributed by atoms with van der Waals surface area (Å²) in [4.78, 5) is 10.3. The Bertz CT molecular complexity index is 183. The van der Waals surface area contributed by atoms with Crippen LogP contribution in [0.4, 0.5) is 4.39 Å². The average molecular weight is 246 g/mol. The van der Waals surface area contributed by atoms with E-state index in [4.69, 9.17) is 5.11 Å². The first-order valence-electron chi connectivity index (χ1n) is 7.02. The van der Waals surface area contributed by atoms with Gasteiger partial charge in [0, 0.05) is 6.42 Å². The Kier molecular flexibility index (Phi) is 11.5. The van der Waals surface area contributed by atoms with E-state index in [1.807, 2.05) is 0 Å². The van der Waals surface area contributed by atoms with Gasteiger partial charge in [-0.15, -0.1) is 0 Å². The van der Waals surface area contributed by atoms with Gasteiger partial charge in [-0.2, -0.15) is 0 Å². The fourth-order valence-electron chi connectivity index (χ4n) is 1.92. The SMILES string of the molecule is CCCCC(F)CCCCCCCCC(=O)O. The highest BCUT2D eigenvalue weighted by molar-refractivity contribution is 5.66. The topological polar surface area (TPSA) is 37.3 Å². The predicted molar refractivity (Wildman–Crippen MR) is 69.0 cm³/mol. The van der Waals surface area contributed by atoms with Gasteiger partial charge in [0.1, 0.15) is 6.17 Å². The fourth-order valence-corrected chi connectivity index (χ4v) is 1.92. The molecule has 0 amide bonds. The lowest BCUT2D eigenvalue weighted by Crippen LogP contribution is -1.99. The zero-order valence-corrected chi connectivity index (χ0v) is 11.1. The van der Waals surface area contributed by atoms with Gasteiger partial charge < -0.3 is 5.11 Å². The molecule has 102 valence electrons. The molecule has 0 aliphatic rings. The number of alkyl halides is 1. The van der Waals surface area contributed by atoms with E-state index in [0.29, 0.717) is 6.42 Å². The Hall–Kier alpha value is -0.600. The van der Waals surface area contributed by atoms with Crippen LogP contribution in [0.25, 0.3) is 0 Å². The maximum Gasteiger partial charge on any atom is 0.303 e. The van der Waals surface area contributed by atoms with Crippen LogP contribution < -0.4 is 0 Å². The van der Waals surface area contributed by atoms with Gasteiger partial charge in [-0.25, -0.2) is 4.39 Å². The van der Waals surface area contributed by atoms with Crippen LogP contribution in [0.2, 0.25) is 0 Å². The molecule has 0 aromatic rings. The Labute approximate surface area is 105 Å². The van der Waals surface area contributed by atoms with Gasteiger partial charge in [-0.05, 0) is 19.3 Å². The molecule has 0 aromatic heterocycles. The molecule has 0 rings (SSSR count). The molecular formula is C14H27FO2. The first kappa shape index (κ1) is 16.4. The lowest BCUT2D eigenvalue weighted by Gasteiger charge is -2.06. The first-order valence-corrected chi connectivity index (χ1v) is 7.02. The molecule has 0 saturated heterocycles. The average Bonchev–Trinajstić information content (AvgIpc) is 2.29. The third-order valence-electron chi connectivity index (χ3n) is 3.03. The number of rotatable bonds is 12.